The predicted molar refractivity (Wildman–Crippen MR) is 73.8 cm³/mol. The normalized spacial score (nSPS) is 29.6. The first-order chi connectivity index (χ1) is 9.36. The van der Waals surface area contributed by atoms with Gasteiger partial charge in [0.05, 0.1) is 12.0 Å². The van der Waals surface area contributed by atoms with E-state index in [1.165, 1.54) is 44.5 Å². The van der Waals surface area contributed by atoms with Crippen molar-refractivity contribution in [2.45, 2.75) is 24.7 Å². The van der Waals surface area contributed by atoms with Crippen molar-refractivity contribution in [3.05, 3.63) is 36.4 Å². The molecule has 2 atom stereocenters. The zero-order valence-corrected chi connectivity index (χ0v) is 11.0. The molecule has 2 saturated heterocycles. The Morgan fingerprint density at radius 1 is 1.11 bits per heavy atom. The van der Waals surface area contributed by atoms with E-state index in [0.717, 1.165) is 11.4 Å². The summed E-state index contributed by atoms with van der Waals surface area (Å²) in [7, 11) is 0. The molecule has 98 valence electrons. The average molecular weight is 254 g/mol. The molecular formula is C15H18N4. The van der Waals surface area contributed by atoms with Crippen LogP contribution in [-0.2, 0) is 5.41 Å². The molecule has 2 bridgehead atoms. The summed E-state index contributed by atoms with van der Waals surface area (Å²) < 4.78 is 0. The number of H-pyrrole nitrogens is 1. The van der Waals surface area contributed by atoms with Gasteiger partial charge in [0.1, 0.15) is 5.69 Å². The highest BCUT2D eigenvalue weighted by molar-refractivity contribution is 5.53. The van der Waals surface area contributed by atoms with Crippen molar-refractivity contribution in [3.63, 3.8) is 0 Å². The van der Waals surface area contributed by atoms with Crippen molar-refractivity contribution in [3.8, 4) is 11.4 Å². The number of nitrogens with zero attached hydrogens (tertiary/aromatic N) is 3. The van der Waals surface area contributed by atoms with Crippen LogP contribution < -0.4 is 0 Å². The highest BCUT2D eigenvalue weighted by Crippen LogP contribution is 2.41. The molecular weight excluding hydrogens is 236 g/mol. The average Bonchev–Trinajstić information content (AvgIpc) is 3.09. The van der Waals surface area contributed by atoms with Crippen molar-refractivity contribution >= 4 is 0 Å². The molecule has 0 saturated carbocycles. The molecule has 0 aliphatic carbocycles. The number of rotatable bonds is 2. The van der Waals surface area contributed by atoms with Crippen LogP contribution in [0.2, 0.25) is 0 Å². The molecule has 4 heteroatoms. The molecule has 2 aromatic rings. The second-order valence-electron chi connectivity index (χ2n) is 5.80. The monoisotopic (exact) mass is 254 g/mol. The maximum atomic E-state index is 4.61. The summed E-state index contributed by atoms with van der Waals surface area (Å²) in [5.74, 6) is 0. The third-order valence-corrected chi connectivity index (χ3v) is 4.70. The zero-order chi connectivity index (χ0) is 12.7. The SMILES string of the molecule is c1nc(-c2ccc(C34CCCN(CC3)C4)cn2)c[nH]1. The Labute approximate surface area is 112 Å². The highest BCUT2D eigenvalue weighted by atomic mass is 15.2. The summed E-state index contributed by atoms with van der Waals surface area (Å²) in [6, 6.07) is 4.36. The minimum atomic E-state index is 0.370. The van der Waals surface area contributed by atoms with Gasteiger partial charge in [-0.3, -0.25) is 4.98 Å². The van der Waals surface area contributed by atoms with Crippen molar-refractivity contribution < 1.29 is 0 Å². The zero-order valence-electron chi connectivity index (χ0n) is 11.0. The number of hydrogen-bond donors (Lipinski definition) is 1. The van der Waals surface area contributed by atoms with E-state index in [0.29, 0.717) is 5.41 Å². The van der Waals surface area contributed by atoms with E-state index in [9.17, 15) is 0 Å². The van der Waals surface area contributed by atoms with Gasteiger partial charge in [0.25, 0.3) is 0 Å². The van der Waals surface area contributed by atoms with E-state index in [4.69, 9.17) is 0 Å². The number of imidazole rings is 1. The van der Waals surface area contributed by atoms with E-state index >= 15 is 0 Å². The molecule has 19 heavy (non-hydrogen) atoms. The first kappa shape index (κ1) is 11.2. The Morgan fingerprint density at radius 3 is 2.89 bits per heavy atom. The quantitative estimate of drug-likeness (QED) is 0.893. The smallest absolute Gasteiger partial charge is 0.106 e. The van der Waals surface area contributed by atoms with E-state index < -0.39 is 0 Å². The number of aromatic amines is 1. The van der Waals surface area contributed by atoms with Crippen molar-refractivity contribution in [1.82, 2.24) is 19.9 Å². The minimum Gasteiger partial charge on any atom is -0.351 e. The van der Waals surface area contributed by atoms with Crippen LogP contribution in [0.3, 0.4) is 0 Å². The molecule has 2 fully saturated rings. The van der Waals surface area contributed by atoms with E-state index in [-0.39, 0.29) is 0 Å². The second kappa shape index (κ2) is 4.17. The van der Waals surface area contributed by atoms with Gasteiger partial charge in [-0.15, -0.1) is 0 Å². The lowest BCUT2D eigenvalue weighted by Crippen LogP contribution is -2.36. The molecule has 2 aliphatic heterocycles. The maximum absolute atomic E-state index is 4.61. The van der Waals surface area contributed by atoms with Gasteiger partial charge >= 0.3 is 0 Å². The summed E-state index contributed by atoms with van der Waals surface area (Å²) >= 11 is 0. The Balaban J connectivity index is 1.66. The van der Waals surface area contributed by atoms with Crippen molar-refractivity contribution in [2.75, 3.05) is 19.6 Å². The molecule has 4 heterocycles. The molecule has 2 aliphatic rings. The fraction of sp³-hybridized carbons (Fsp3) is 0.467. The van der Waals surface area contributed by atoms with Gasteiger partial charge in [-0.2, -0.15) is 0 Å². The first-order valence-corrected chi connectivity index (χ1v) is 7.04. The molecule has 0 spiro atoms. The Morgan fingerprint density at radius 2 is 2.11 bits per heavy atom. The van der Waals surface area contributed by atoms with Crippen LogP contribution in [0.1, 0.15) is 24.8 Å². The van der Waals surface area contributed by atoms with Crippen LogP contribution in [0.4, 0.5) is 0 Å². The van der Waals surface area contributed by atoms with Gasteiger partial charge < -0.3 is 9.88 Å². The summed E-state index contributed by atoms with van der Waals surface area (Å²) in [4.78, 5) is 14.4. The Hall–Kier alpha value is -1.68. The van der Waals surface area contributed by atoms with Gasteiger partial charge in [-0.05, 0) is 44.0 Å². The second-order valence-corrected chi connectivity index (χ2v) is 5.80. The lowest BCUT2D eigenvalue weighted by atomic mass is 9.75. The van der Waals surface area contributed by atoms with E-state index in [1.54, 1.807) is 6.33 Å². The van der Waals surface area contributed by atoms with Crippen LogP contribution in [0, 0.1) is 0 Å². The van der Waals surface area contributed by atoms with Crippen LogP contribution in [0.5, 0.6) is 0 Å². The lowest BCUT2D eigenvalue weighted by Gasteiger charge is -2.34. The van der Waals surface area contributed by atoms with Gasteiger partial charge in [-0.25, -0.2) is 4.98 Å². The number of piperidine rings is 1. The standard InChI is InChI=1S/C15H18N4/c1-4-15(5-7-19(6-1)10-15)12-2-3-13(17-8-12)14-9-16-11-18-14/h2-3,8-9,11H,1,4-7,10H2,(H,16,18). The van der Waals surface area contributed by atoms with Crippen molar-refractivity contribution in [2.24, 2.45) is 0 Å². The molecule has 2 aromatic heterocycles. The molecule has 1 N–H and O–H groups in total. The molecule has 0 amide bonds. The summed E-state index contributed by atoms with van der Waals surface area (Å²) in [5, 5.41) is 0. The fourth-order valence-electron chi connectivity index (χ4n) is 3.63. The summed E-state index contributed by atoms with van der Waals surface area (Å²) in [6.07, 6.45) is 9.57. The van der Waals surface area contributed by atoms with Crippen LogP contribution in [0.15, 0.2) is 30.9 Å². The van der Waals surface area contributed by atoms with Crippen LogP contribution in [0.25, 0.3) is 11.4 Å². The number of fused-ring (bicyclic) bond motifs is 2. The van der Waals surface area contributed by atoms with Crippen LogP contribution in [-0.4, -0.2) is 39.5 Å². The third-order valence-electron chi connectivity index (χ3n) is 4.70. The predicted octanol–water partition coefficient (Wildman–Crippen LogP) is 2.21. The topological polar surface area (TPSA) is 44.8 Å². The van der Waals surface area contributed by atoms with Crippen LogP contribution >= 0.6 is 0 Å². The summed E-state index contributed by atoms with van der Waals surface area (Å²) in [6.45, 7) is 3.75. The first-order valence-electron chi connectivity index (χ1n) is 7.04. The third kappa shape index (κ3) is 1.78. The number of aromatic nitrogens is 3. The van der Waals surface area contributed by atoms with E-state index in [1.807, 2.05) is 6.20 Å². The molecule has 0 aromatic carbocycles. The van der Waals surface area contributed by atoms with E-state index in [2.05, 4.69) is 38.2 Å². The molecule has 4 rings (SSSR count). The Bertz CT molecular complexity index is 556. The minimum absolute atomic E-state index is 0.370. The fourth-order valence-corrected chi connectivity index (χ4v) is 3.63. The Kier molecular flexibility index (Phi) is 2.45. The molecule has 2 unspecified atom stereocenters. The molecule has 4 nitrogen and oxygen atoms in total. The maximum Gasteiger partial charge on any atom is 0.106 e. The number of pyridine rings is 1. The highest BCUT2D eigenvalue weighted by Gasteiger charge is 2.42. The molecule has 0 radical (unpaired) electrons. The van der Waals surface area contributed by atoms with Gasteiger partial charge in [0.2, 0.25) is 0 Å². The lowest BCUT2D eigenvalue weighted by molar-refractivity contribution is 0.243. The largest absolute Gasteiger partial charge is 0.351 e. The number of nitrogens with one attached hydrogen (secondary N) is 1. The van der Waals surface area contributed by atoms with Gasteiger partial charge in [0, 0.05) is 24.4 Å². The number of hydrogen-bond acceptors (Lipinski definition) is 3. The van der Waals surface area contributed by atoms with Gasteiger partial charge in [0.15, 0.2) is 0 Å². The summed E-state index contributed by atoms with van der Waals surface area (Å²) in [5.41, 5.74) is 3.65. The van der Waals surface area contributed by atoms with Gasteiger partial charge in [-0.1, -0.05) is 6.07 Å². The van der Waals surface area contributed by atoms with Crippen molar-refractivity contribution in [1.29, 1.82) is 0 Å².